The number of nitrogens with zero attached hydrogens (tertiary/aromatic N) is 2. The summed E-state index contributed by atoms with van der Waals surface area (Å²) in [6, 6.07) is 11.7. The lowest BCUT2D eigenvalue weighted by molar-refractivity contribution is 0.0530. The number of guanidine groups is 1. The van der Waals surface area contributed by atoms with Crippen LogP contribution in [-0.4, -0.2) is 51.4 Å². The summed E-state index contributed by atoms with van der Waals surface area (Å²) in [6.45, 7) is 7.16. The summed E-state index contributed by atoms with van der Waals surface area (Å²) in [4.78, 5) is 7.48. The third-order valence-corrected chi connectivity index (χ3v) is 7.37. The van der Waals surface area contributed by atoms with Crippen LogP contribution in [0.1, 0.15) is 38.2 Å². The fourth-order valence-electron chi connectivity index (χ4n) is 4.54. The van der Waals surface area contributed by atoms with E-state index in [2.05, 4.69) is 40.0 Å². The number of piperidine rings is 1. The molecule has 2 N–H and O–H groups in total. The minimum Gasteiger partial charge on any atom is -0.381 e. The van der Waals surface area contributed by atoms with Crippen molar-refractivity contribution in [1.29, 1.82) is 0 Å². The van der Waals surface area contributed by atoms with E-state index in [9.17, 15) is 4.39 Å². The molecule has 0 spiro atoms. The maximum Gasteiger partial charge on any atom is 0.191 e. The van der Waals surface area contributed by atoms with E-state index in [4.69, 9.17) is 9.73 Å². The summed E-state index contributed by atoms with van der Waals surface area (Å²) in [5, 5.41) is 10.6. The topological polar surface area (TPSA) is 48.9 Å². The zero-order valence-corrected chi connectivity index (χ0v) is 19.1. The highest BCUT2D eigenvalue weighted by molar-refractivity contribution is 7.14. The van der Waals surface area contributed by atoms with Crippen molar-refractivity contribution in [3.05, 3.63) is 53.2 Å². The van der Waals surface area contributed by atoms with Gasteiger partial charge in [0.05, 0.1) is 11.5 Å². The lowest BCUT2D eigenvalue weighted by atomic mass is 9.74. The number of rotatable bonds is 6. The number of benzene rings is 1. The number of halogens is 1. The molecule has 0 atom stereocenters. The van der Waals surface area contributed by atoms with Crippen LogP contribution in [0, 0.1) is 5.82 Å². The molecule has 1 aromatic heterocycles. The Morgan fingerprint density at radius 3 is 2.58 bits per heavy atom. The van der Waals surface area contributed by atoms with Gasteiger partial charge in [0.1, 0.15) is 5.82 Å². The van der Waals surface area contributed by atoms with E-state index in [0.29, 0.717) is 12.6 Å². The Balaban J connectivity index is 1.42. The van der Waals surface area contributed by atoms with Crippen LogP contribution < -0.4 is 15.5 Å². The van der Waals surface area contributed by atoms with Crippen LogP contribution in [0.15, 0.2) is 46.8 Å². The molecule has 2 saturated heterocycles. The van der Waals surface area contributed by atoms with Crippen LogP contribution in [0.4, 0.5) is 9.39 Å². The van der Waals surface area contributed by atoms with E-state index in [-0.39, 0.29) is 11.2 Å². The molecule has 1 aromatic carbocycles. The van der Waals surface area contributed by atoms with Gasteiger partial charge in [0.15, 0.2) is 5.96 Å². The molecule has 3 heterocycles. The monoisotopic (exact) mass is 444 g/mol. The first-order chi connectivity index (χ1) is 15.2. The molecule has 0 aliphatic carbocycles. The van der Waals surface area contributed by atoms with Crippen molar-refractivity contribution in [2.75, 3.05) is 44.3 Å². The average Bonchev–Trinajstić information content (AvgIpc) is 3.34. The molecule has 0 radical (unpaired) electrons. The molecular formula is C24H33FN4OS. The van der Waals surface area contributed by atoms with Crippen LogP contribution in [0.5, 0.6) is 0 Å². The van der Waals surface area contributed by atoms with Gasteiger partial charge in [-0.05, 0) is 67.8 Å². The number of ether oxygens (including phenoxy) is 1. The summed E-state index contributed by atoms with van der Waals surface area (Å²) in [7, 11) is 0. The lowest BCUT2D eigenvalue weighted by Crippen LogP contribution is -2.49. The Kier molecular flexibility index (Phi) is 7.45. The smallest absolute Gasteiger partial charge is 0.191 e. The predicted molar refractivity (Wildman–Crippen MR) is 127 cm³/mol. The molecule has 31 heavy (non-hydrogen) atoms. The summed E-state index contributed by atoms with van der Waals surface area (Å²) in [5.74, 6) is 0.684. The van der Waals surface area contributed by atoms with E-state index in [1.165, 1.54) is 5.00 Å². The molecule has 0 bridgehead atoms. The second-order valence-corrected chi connectivity index (χ2v) is 9.38. The highest BCUT2D eigenvalue weighted by Gasteiger charge is 2.34. The van der Waals surface area contributed by atoms with E-state index < -0.39 is 0 Å². The average molecular weight is 445 g/mol. The molecule has 168 valence electrons. The fourth-order valence-corrected chi connectivity index (χ4v) is 5.33. The quantitative estimate of drug-likeness (QED) is 0.519. The van der Waals surface area contributed by atoms with E-state index in [1.807, 2.05) is 23.5 Å². The van der Waals surface area contributed by atoms with Gasteiger partial charge in [-0.3, -0.25) is 4.99 Å². The Labute approximate surface area is 188 Å². The molecule has 2 aliphatic heterocycles. The van der Waals surface area contributed by atoms with E-state index in [0.717, 1.165) is 70.1 Å². The maximum atomic E-state index is 13.5. The van der Waals surface area contributed by atoms with Gasteiger partial charge in [0.2, 0.25) is 0 Å². The normalized spacial score (nSPS) is 19.9. The molecular weight excluding hydrogens is 411 g/mol. The summed E-state index contributed by atoms with van der Waals surface area (Å²) in [6.07, 6.45) is 4.00. The number of aliphatic imine (C=N–C) groups is 1. The predicted octanol–water partition coefficient (Wildman–Crippen LogP) is 4.16. The number of thiophene rings is 1. The third kappa shape index (κ3) is 5.57. The van der Waals surface area contributed by atoms with Crippen LogP contribution >= 0.6 is 11.3 Å². The summed E-state index contributed by atoms with van der Waals surface area (Å²) >= 11 is 1.81. The van der Waals surface area contributed by atoms with Gasteiger partial charge in [0.25, 0.3) is 0 Å². The standard InChI is InChI=1S/C24H33FN4OS/c1-2-26-23(28-21-9-13-29(14-10-21)22-4-3-17-31-22)27-18-24(11-15-30-16-12-24)19-5-7-20(25)8-6-19/h3-8,17,21H,2,9-16,18H2,1H3,(H2,26,27,28). The van der Waals surface area contributed by atoms with E-state index >= 15 is 0 Å². The minimum absolute atomic E-state index is 0.100. The van der Waals surface area contributed by atoms with Gasteiger partial charge < -0.3 is 20.3 Å². The van der Waals surface area contributed by atoms with Crippen molar-refractivity contribution in [1.82, 2.24) is 10.6 Å². The minimum atomic E-state index is -0.196. The highest BCUT2D eigenvalue weighted by Crippen LogP contribution is 2.35. The first-order valence-electron chi connectivity index (χ1n) is 11.4. The van der Waals surface area contributed by atoms with Crippen LogP contribution in [0.25, 0.3) is 0 Å². The zero-order valence-electron chi connectivity index (χ0n) is 18.3. The van der Waals surface area contributed by atoms with Gasteiger partial charge >= 0.3 is 0 Å². The molecule has 5 nitrogen and oxygen atoms in total. The lowest BCUT2D eigenvalue weighted by Gasteiger charge is -2.37. The number of anilines is 1. The molecule has 0 amide bonds. The Morgan fingerprint density at radius 1 is 1.19 bits per heavy atom. The zero-order chi connectivity index (χ0) is 21.5. The Morgan fingerprint density at radius 2 is 1.94 bits per heavy atom. The van der Waals surface area contributed by atoms with Crippen LogP contribution in [0.2, 0.25) is 0 Å². The van der Waals surface area contributed by atoms with Crippen molar-refractivity contribution in [2.24, 2.45) is 4.99 Å². The van der Waals surface area contributed by atoms with E-state index in [1.54, 1.807) is 12.1 Å². The summed E-state index contributed by atoms with van der Waals surface area (Å²) in [5.41, 5.74) is 1.05. The Hall–Kier alpha value is -2.12. The SMILES string of the molecule is CCNC(=NCC1(c2ccc(F)cc2)CCOCC1)NC1CCN(c2cccs2)CC1. The van der Waals surface area contributed by atoms with Gasteiger partial charge in [-0.1, -0.05) is 12.1 Å². The van der Waals surface area contributed by atoms with Crippen molar-refractivity contribution in [2.45, 2.75) is 44.1 Å². The first kappa shape index (κ1) is 22.1. The molecule has 2 aromatic rings. The van der Waals surface area contributed by atoms with Crippen molar-refractivity contribution in [3.63, 3.8) is 0 Å². The first-order valence-corrected chi connectivity index (χ1v) is 12.2. The number of hydrogen-bond donors (Lipinski definition) is 2. The number of nitrogens with one attached hydrogen (secondary N) is 2. The highest BCUT2D eigenvalue weighted by atomic mass is 32.1. The fraction of sp³-hybridized carbons (Fsp3) is 0.542. The van der Waals surface area contributed by atoms with Gasteiger partial charge in [0, 0.05) is 44.3 Å². The maximum absolute atomic E-state index is 13.5. The van der Waals surface area contributed by atoms with Gasteiger partial charge in [-0.25, -0.2) is 4.39 Å². The second kappa shape index (κ2) is 10.5. The van der Waals surface area contributed by atoms with Gasteiger partial charge in [-0.2, -0.15) is 0 Å². The molecule has 2 fully saturated rings. The largest absolute Gasteiger partial charge is 0.381 e. The second-order valence-electron chi connectivity index (χ2n) is 8.45. The summed E-state index contributed by atoms with van der Waals surface area (Å²) < 4.78 is 19.1. The van der Waals surface area contributed by atoms with Crippen LogP contribution in [-0.2, 0) is 10.2 Å². The van der Waals surface area contributed by atoms with Crippen molar-refractivity contribution < 1.29 is 9.13 Å². The number of hydrogen-bond acceptors (Lipinski definition) is 4. The van der Waals surface area contributed by atoms with Crippen molar-refractivity contribution in [3.8, 4) is 0 Å². The molecule has 2 aliphatic rings. The Bertz CT molecular complexity index is 826. The van der Waals surface area contributed by atoms with Crippen LogP contribution in [0.3, 0.4) is 0 Å². The molecule has 7 heteroatoms. The third-order valence-electron chi connectivity index (χ3n) is 6.44. The van der Waals surface area contributed by atoms with Gasteiger partial charge in [-0.15, -0.1) is 11.3 Å². The van der Waals surface area contributed by atoms with Crippen molar-refractivity contribution >= 4 is 22.3 Å². The molecule has 4 rings (SSSR count). The molecule has 0 saturated carbocycles. The molecule has 0 unspecified atom stereocenters.